The Morgan fingerprint density at radius 2 is 1.88 bits per heavy atom. The van der Waals surface area contributed by atoms with Gasteiger partial charge in [0.15, 0.2) is 0 Å². The summed E-state index contributed by atoms with van der Waals surface area (Å²) < 4.78 is 0. The van der Waals surface area contributed by atoms with Crippen LogP contribution in [0.1, 0.15) is 58.8 Å². The van der Waals surface area contributed by atoms with E-state index in [1.807, 2.05) is 18.9 Å². The molecule has 1 saturated carbocycles. The zero-order valence-corrected chi connectivity index (χ0v) is 12.2. The zero-order chi connectivity index (χ0) is 12.2. The Morgan fingerprint density at radius 1 is 1.35 bits per heavy atom. The molecule has 17 heavy (non-hydrogen) atoms. The van der Waals surface area contributed by atoms with Gasteiger partial charge in [-0.15, -0.1) is 12.4 Å². The van der Waals surface area contributed by atoms with Crippen molar-refractivity contribution in [3.63, 3.8) is 0 Å². The number of carbonyl (C=O) groups excluding carboxylic acids is 1. The van der Waals surface area contributed by atoms with Gasteiger partial charge in [-0.3, -0.25) is 4.79 Å². The zero-order valence-electron chi connectivity index (χ0n) is 11.4. The molecule has 1 atom stereocenters. The highest BCUT2D eigenvalue weighted by Crippen LogP contribution is 2.24. The van der Waals surface area contributed by atoms with Crippen molar-refractivity contribution in [3.8, 4) is 0 Å². The third kappa shape index (κ3) is 4.47. The summed E-state index contributed by atoms with van der Waals surface area (Å²) in [5, 5.41) is 0. The van der Waals surface area contributed by atoms with E-state index in [9.17, 15) is 4.79 Å². The van der Waals surface area contributed by atoms with E-state index in [0.29, 0.717) is 6.04 Å². The molecule has 0 bridgehead atoms. The van der Waals surface area contributed by atoms with Gasteiger partial charge in [0.2, 0.25) is 5.91 Å². The van der Waals surface area contributed by atoms with Gasteiger partial charge < -0.3 is 10.6 Å². The molecular weight excluding hydrogens is 236 g/mol. The van der Waals surface area contributed by atoms with Crippen molar-refractivity contribution >= 4 is 18.3 Å². The highest BCUT2D eigenvalue weighted by Gasteiger charge is 2.33. The van der Waals surface area contributed by atoms with Gasteiger partial charge in [-0.1, -0.05) is 32.6 Å². The van der Waals surface area contributed by atoms with Crippen molar-refractivity contribution in [1.82, 2.24) is 4.90 Å². The molecule has 1 unspecified atom stereocenters. The van der Waals surface area contributed by atoms with Crippen molar-refractivity contribution < 1.29 is 4.79 Å². The molecule has 102 valence electrons. The molecule has 1 aliphatic carbocycles. The second kappa shape index (κ2) is 7.22. The van der Waals surface area contributed by atoms with E-state index < -0.39 is 5.54 Å². The number of nitrogens with zero attached hydrogens (tertiary/aromatic N) is 1. The average Bonchev–Trinajstić information content (AvgIpc) is 2.28. The van der Waals surface area contributed by atoms with Crippen molar-refractivity contribution in [2.24, 2.45) is 5.73 Å². The molecule has 0 aromatic rings. The first kappa shape index (κ1) is 16.7. The molecule has 0 aliphatic heterocycles. The highest BCUT2D eigenvalue weighted by atomic mass is 35.5. The lowest BCUT2D eigenvalue weighted by Crippen LogP contribution is -2.54. The van der Waals surface area contributed by atoms with Crippen molar-refractivity contribution in [2.75, 3.05) is 7.05 Å². The molecule has 3 nitrogen and oxygen atoms in total. The topological polar surface area (TPSA) is 46.3 Å². The maximum Gasteiger partial charge on any atom is 0.242 e. The molecule has 1 aliphatic rings. The molecular formula is C13H27ClN2O. The maximum absolute atomic E-state index is 12.3. The molecule has 0 spiro atoms. The Hall–Kier alpha value is -0.280. The number of amides is 1. The van der Waals surface area contributed by atoms with Gasteiger partial charge in [0.25, 0.3) is 0 Å². The minimum absolute atomic E-state index is 0. The Kier molecular flexibility index (Phi) is 7.10. The van der Waals surface area contributed by atoms with E-state index in [0.717, 1.165) is 25.7 Å². The van der Waals surface area contributed by atoms with Gasteiger partial charge in [-0.25, -0.2) is 0 Å². The van der Waals surface area contributed by atoms with E-state index in [-0.39, 0.29) is 18.3 Å². The fraction of sp³-hybridized carbons (Fsp3) is 0.923. The van der Waals surface area contributed by atoms with Crippen LogP contribution in [0, 0.1) is 0 Å². The smallest absolute Gasteiger partial charge is 0.242 e. The monoisotopic (exact) mass is 262 g/mol. The molecule has 0 heterocycles. The number of hydrogen-bond acceptors (Lipinski definition) is 2. The Morgan fingerprint density at radius 3 is 2.35 bits per heavy atom. The van der Waals surface area contributed by atoms with E-state index >= 15 is 0 Å². The molecule has 4 heteroatoms. The number of halogens is 1. The number of rotatable bonds is 4. The average molecular weight is 263 g/mol. The molecule has 1 rings (SSSR count). The Bertz CT molecular complexity index is 238. The highest BCUT2D eigenvalue weighted by molar-refractivity contribution is 5.86. The molecule has 0 aromatic heterocycles. The van der Waals surface area contributed by atoms with Crippen LogP contribution in [0.15, 0.2) is 0 Å². The van der Waals surface area contributed by atoms with Gasteiger partial charge in [0, 0.05) is 13.1 Å². The third-order valence-electron chi connectivity index (χ3n) is 3.70. The molecule has 1 fully saturated rings. The van der Waals surface area contributed by atoms with Crippen molar-refractivity contribution in [3.05, 3.63) is 0 Å². The van der Waals surface area contributed by atoms with Gasteiger partial charge in [0.05, 0.1) is 5.54 Å². The Balaban J connectivity index is 0.00000256. The van der Waals surface area contributed by atoms with Gasteiger partial charge in [-0.05, 0) is 26.2 Å². The molecule has 0 saturated heterocycles. The number of carbonyl (C=O) groups is 1. The van der Waals surface area contributed by atoms with Gasteiger partial charge >= 0.3 is 0 Å². The molecule has 2 N–H and O–H groups in total. The summed E-state index contributed by atoms with van der Waals surface area (Å²) in [4.78, 5) is 14.2. The third-order valence-corrected chi connectivity index (χ3v) is 3.70. The maximum atomic E-state index is 12.3. The molecule has 1 amide bonds. The van der Waals surface area contributed by atoms with Crippen LogP contribution in [-0.4, -0.2) is 29.4 Å². The quantitative estimate of drug-likeness (QED) is 0.847. The van der Waals surface area contributed by atoms with E-state index in [4.69, 9.17) is 5.73 Å². The Labute approximate surface area is 112 Å². The summed E-state index contributed by atoms with van der Waals surface area (Å²) in [6.45, 7) is 3.93. The van der Waals surface area contributed by atoms with Crippen LogP contribution >= 0.6 is 12.4 Å². The van der Waals surface area contributed by atoms with E-state index in [2.05, 4.69) is 6.92 Å². The van der Waals surface area contributed by atoms with E-state index in [1.54, 1.807) is 0 Å². The molecule has 0 aromatic carbocycles. The lowest BCUT2D eigenvalue weighted by Gasteiger charge is -2.36. The fourth-order valence-electron chi connectivity index (χ4n) is 2.66. The van der Waals surface area contributed by atoms with Crippen LogP contribution < -0.4 is 5.73 Å². The predicted molar refractivity (Wildman–Crippen MR) is 74.4 cm³/mol. The standard InChI is InChI=1S/C13H26N2O.ClH/c1-4-10-13(2,14)12(16)15(3)11-8-6-5-7-9-11;/h11H,4-10,14H2,1-3H3;1H. The lowest BCUT2D eigenvalue weighted by atomic mass is 9.91. The minimum Gasteiger partial charge on any atom is -0.341 e. The molecule has 0 radical (unpaired) electrons. The SMILES string of the molecule is CCCC(C)(N)C(=O)N(C)C1CCCCC1.Cl. The van der Waals surface area contributed by atoms with Crippen molar-refractivity contribution in [1.29, 1.82) is 0 Å². The number of nitrogens with two attached hydrogens (primary N) is 1. The summed E-state index contributed by atoms with van der Waals surface area (Å²) in [6.07, 6.45) is 7.82. The second-order valence-electron chi connectivity index (χ2n) is 5.38. The van der Waals surface area contributed by atoms with Crippen LogP contribution in [0.2, 0.25) is 0 Å². The lowest BCUT2D eigenvalue weighted by molar-refractivity contribution is -0.138. The summed E-state index contributed by atoms with van der Waals surface area (Å²) >= 11 is 0. The summed E-state index contributed by atoms with van der Waals surface area (Å²) in [5.74, 6) is 0.112. The van der Waals surface area contributed by atoms with Crippen LogP contribution in [0.3, 0.4) is 0 Å². The minimum atomic E-state index is -0.680. The van der Waals surface area contributed by atoms with Gasteiger partial charge in [0.1, 0.15) is 0 Å². The van der Waals surface area contributed by atoms with Crippen LogP contribution in [-0.2, 0) is 4.79 Å². The van der Waals surface area contributed by atoms with Crippen LogP contribution in [0.25, 0.3) is 0 Å². The van der Waals surface area contributed by atoms with Gasteiger partial charge in [-0.2, -0.15) is 0 Å². The largest absolute Gasteiger partial charge is 0.341 e. The first-order valence-electron chi connectivity index (χ1n) is 6.55. The number of hydrogen-bond donors (Lipinski definition) is 1. The predicted octanol–water partition coefficient (Wildman–Crippen LogP) is 2.72. The number of likely N-dealkylation sites (N-methyl/N-ethyl adjacent to an activating group) is 1. The van der Waals surface area contributed by atoms with E-state index in [1.165, 1.54) is 19.3 Å². The second-order valence-corrected chi connectivity index (χ2v) is 5.38. The van der Waals surface area contributed by atoms with Crippen LogP contribution in [0.5, 0.6) is 0 Å². The summed E-state index contributed by atoms with van der Waals surface area (Å²) in [6, 6.07) is 0.418. The first-order chi connectivity index (χ1) is 7.49. The summed E-state index contributed by atoms with van der Waals surface area (Å²) in [5.41, 5.74) is 5.41. The first-order valence-corrected chi connectivity index (χ1v) is 6.55. The normalized spacial score (nSPS) is 20.2. The fourth-order valence-corrected chi connectivity index (χ4v) is 2.66. The summed E-state index contributed by atoms with van der Waals surface area (Å²) in [7, 11) is 1.92. The van der Waals surface area contributed by atoms with Crippen LogP contribution in [0.4, 0.5) is 0 Å². The van der Waals surface area contributed by atoms with Crippen molar-refractivity contribution in [2.45, 2.75) is 70.4 Å².